The second-order valence-corrected chi connectivity index (χ2v) is 8.42. The number of nitrogens with one attached hydrogen (secondary N) is 1. The predicted molar refractivity (Wildman–Crippen MR) is 94.1 cm³/mol. The van der Waals surface area contributed by atoms with Crippen molar-refractivity contribution in [1.29, 1.82) is 0 Å². The van der Waals surface area contributed by atoms with Crippen molar-refractivity contribution in [2.45, 2.75) is 44.2 Å². The first kappa shape index (κ1) is 14.0. The van der Waals surface area contributed by atoms with Crippen LogP contribution in [0.3, 0.4) is 0 Å². The number of thiophene rings is 1. The van der Waals surface area contributed by atoms with Crippen molar-refractivity contribution < 1.29 is 4.79 Å². The minimum Gasteiger partial charge on any atom is -0.347 e. The highest BCUT2D eigenvalue weighted by molar-refractivity contribution is 7.17. The Morgan fingerprint density at radius 2 is 2.09 bits per heavy atom. The van der Waals surface area contributed by atoms with Crippen molar-refractivity contribution in [2.24, 2.45) is 5.92 Å². The standard InChI is InChI=1S/C19H22N2OS/c1-12-11-23-16-10-14(2-3-15(12)16)18(22)20-17-13-4-8-21(9-5-13)19(17)6-7-19/h2-3,10-11,13,17H,4-9H2,1H3,(H,20,22)/t17-/m0/s1. The zero-order valence-electron chi connectivity index (χ0n) is 13.5. The molecule has 4 aliphatic rings. The molecule has 23 heavy (non-hydrogen) atoms. The van der Waals surface area contributed by atoms with Crippen LogP contribution in [0.25, 0.3) is 10.1 Å². The highest BCUT2D eigenvalue weighted by Gasteiger charge is 2.60. The summed E-state index contributed by atoms with van der Waals surface area (Å²) in [6.07, 6.45) is 5.01. The van der Waals surface area contributed by atoms with Crippen LogP contribution in [0.4, 0.5) is 0 Å². The summed E-state index contributed by atoms with van der Waals surface area (Å²) in [6, 6.07) is 6.50. The van der Waals surface area contributed by atoms with E-state index in [4.69, 9.17) is 0 Å². The van der Waals surface area contributed by atoms with Crippen LogP contribution in [0.2, 0.25) is 0 Å². The van der Waals surface area contributed by atoms with Gasteiger partial charge in [0.2, 0.25) is 0 Å². The average molecular weight is 326 g/mol. The zero-order valence-corrected chi connectivity index (χ0v) is 14.3. The maximum Gasteiger partial charge on any atom is 0.251 e. The molecule has 1 aromatic heterocycles. The largest absolute Gasteiger partial charge is 0.347 e. The number of hydrogen-bond acceptors (Lipinski definition) is 3. The Balaban J connectivity index is 1.42. The van der Waals surface area contributed by atoms with E-state index in [-0.39, 0.29) is 5.91 Å². The maximum absolute atomic E-state index is 12.8. The number of fused-ring (bicyclic) bond motifs is 3. The highest BCUT2D eigenvalue weighted by Crippen LogP contribution is 2.53. The third kappa shape index (κ3) is 2.01. The molecule has 120 valence electrons. The van der Waals surface area contributed by atoms with Gasteiger partial charge in [0.15, 0.2) is 0 Å². The summed E-state index contributed by atoms with van der Waals surface area (Å²) in [6.45, 7) is 4.59. The molecule has 4 heteroatoms. The minimum absolute atomic E-state index is 0.114. The first-order valence-electron chi connectivity index (χ1n) is 8.71. The Bertz CT molecular complexity index is 784. The van der Waals surface area contributed by atoms with Gasteiger partial charge in [-0.15, -0.1) is 11.3 Å². The predicted octanol–water partition coefficient (Wildman–Crippen LogP) is 3.57. The van der Waals surface area contributed by atoms with Crippen molar-refractivity contribution in [3.63, 3.8) is 0 Å². The van der Waals surface area contributed by atoms with E-state index >= 15 is 0 Å². The van der Waals surface area contributed by atoms with Gasteiger partial charge in [-0.05, 0) is 80.1 Å². The molecule has 3 aliphatic heterocycles. The van der Waals surface area contributed by atoms with Gasteiger partial charge in [-0.1, -0.05) is 6.07 Å². The van der Waals surface area contributed by atoms with Crippen LogP contribution in [0.5, 0.6) is 0 Å². The second-order valence-electron chi connectivity index (χ2n) is 7.51. The van der Waals surface area contributed by atoms with Crippen molar-refractivity contribution in [3.05, 3.63) is 34.7 Å². The topological polar surface area (TPSA) is 32.3 Å². The lowest BCUT2D eigenvalue weighted by Crippen LogP contribution is -2.65. The molecule has 1 atom stereocenters. The quantitative estimate of drug-likeness (QED) is 0.915. The molecule has 1 aromatic carbocycles. The molecule has 6 rings (SSSR count). The number of piperidine rings is 3. The van der Waals surface area contributed by atoms with Gasteiger partial charge in [0, 0.05) is 15.8 Å². The van der Waals surface area contributed by atoms with Crippen molar-refractivity contribution in [3.8, 4) is 0 Å². The number of benzene rings is 1. The molecular weight excluding hydrogens is 304 g/mol. The Hall–Kier alpha value is -1.39. The fourth-order valence-corrected chi connectivity index (χ4v) is 5.83. The molecule has 2 aromatic rings. The summed E-state index contributed by atoms with van der Waals surface area (Å²) in [5.41, 5.74) is 2.42. The highest BCUT2D eigenvalue weighted by atomic mass is 32.1. The molecule has 4 fully saturated rings. The van der Waals surface area contributed by atoms with E-state index in [9.17, 15) is 4.79 Å². The first-order valence-corrected chi connectivity index (χ1v) is 9.59. The third-order valence-electron chi connectivity index (χ3n) is 6.30. The molecule has 1 aliphatic carbocycles. The van der Waals surface area contributed by atoms with Crippen LogP contribution in [0.15, 0.2) is 23.6 Å². The van der Waals surface area contributed by atoms with E-state index < -0.39 is 0 Å². The lowest BCUT2D eigenvalue weighted by atomic mass is 9.77. The van der Waals surface area contributed by atoms with Crippen molar-refractivity contribution in [1.82, 2.24) is 10.2 Å². The normalized spacial score (nSPS) is 30.7. The SMILES string of the molecule is Cc1csc2cc(C(=O)N[C@H]3C4CCN(CC4)C34CC4)ccc12. The Kier molecular flexibility index (Phi) is 2.92. The Morgan fingerprint density at radius 3 is 2.83 bits per heavy atom. The van der Waals surface area contributed by atoms with Crippen molar-refractivity contribution in [2.75, 3.05) is 13.1 Å². The molecule has 0 radical (unpaired) electrons. The van der Waals surface area contributed by atoms with Gasteiger partial charge >= 0.3 is 0 Å². The van der Waals surface area contributed by atoms with Gasteiger partial charge in [0.1, 0.15) is 0 Å². The molecule has 0 unspecified atom stereocenters. The number of nitrogens with zero attached hydrogens (tertiary/aromatic N) is 1. The number of hydrogen-bond donors (Lipinski definition) is 1. The van der Waals surface area contributed by atoms with Crippen LogP contribution in [-0.2, 0) is 0 Å². The van der Waals surface area contributed by atoms with E-state index in [1.165, 1.54) is 54.4 Å². The zero-order chi connectivity index (χ0) is 15.6. The van der Waals surface area contributed by atoms with E-state index in [1.807, 2.05) is 6.07 Å². The number of aryl methyl sites for hydroxylation is 1. The van der Waals surface area contributed by atoms with Crippen LogP contribution in [-0.4, -0.2) is 35.5 Å². The summed E-state index contributed by atoms with van der Waals surface area (Å²) in [7, 11) is 0. The molecule has 1 spiro atoms. The third-order valence-corrected chi connectivity index (χ3v) is 7.36. The van der Waals surface area contributed by atoms with Crippen LogP contribution in [0.1, 0.15) is 41.6 Å². The van der Waals surface area contributed by atoms with E-state index in [0.29, 0.717) is 17.5 Å². The molecule has 1 amide bonds. The number of amides is 1. The van der Waals surface area contributed by atoms with E-state index in [1.54, 1.807) is 11.3 Å². The van der Waals surface area contributed by atoms with Gasteiger partial charge in [0.25, 0.3) is 5.91 Å². The monoisotopic (exact) mass is 326 g/mol. The van der Waals surface area contributed by atoms with E-state index in [2.05, 4.69) is 34.7 Å². The van der Waals surface area contributed by atoms with Gasteiger partial charge < -0.3 is 5.32 Å². The smallest absolute Gasteiger partial charge is 0.251 e. The summed E-state index contributed by atoms with van der Waals surface area (Å²) in [5.74, 6) is 0.794. The Labute approximate surface area is 140 Å². The molecule has 2 bridgehead atoms. The van der Waals surface area contributed by atoms with Crippen LogP contribution in [0, 0.1) is 12.8 Å². The van der Waals surface area contributed by atoms with Gasteiger partial charge in [-0.2, -0.15) is 0 Å². The number of rotatable bonds is 2. The molecule has 4 heterocycles. The number of carbonyl (C=O) groups is 1. The van der Waals surface area contributed by atoms with Crippen LogP contribution < -0.4 is 5.32 Å². The molecule has 3 saturated heterocycles. The molecule has 1 N–H and O–H groups in total. The molecular formula is C19H22N2OS. The van der Waals surface area contributed by atoms with E-state index in [0.717, 1.165) is 5.56 Å². The van der Waals surface area contributed by atoms with Crippen molar-refractivity contribution >= 4 is 27.3 Å². The summed E-state index contributed by atoms with van der Waals surface area (Å²) < 4.78 is 1.21. The van der Waals surface area contributed by atoms with Gasteiger partial charge in [-0.25, -0.2) is 0 Å². The summed E-state index contributed by atoms with van der Waals surface area (Å²) >= 11 is 1.73. The Morgan fingerprint density at radius 1 is 1.30 bits per heavy atom. The summed E-state index contributed by atoms with van der Waals surface area (Å²) in [4.78, 5) is 15.5. The first-order chi connectivity index (χ1) is 11.2. The van der Waals surface area contributed by atoms with Gasteiger partial charge in [0.05, 0.1) is 6.04 Å². The molecule has 1 saturated carbocycles. The average Bonchev–Trinajstić information content (AvgIpc) is 3.28. The summed E-state index contributed by atoms with van der Waals surface area (Å²) in [5, 5.41) is 6.85. The molecule has 3 nitrogen and oxygen atoms in total. The lowest BCUT2D eigenvalue weighted by Gasteiger charge is -2.52. The fraction of sp³-hybridized carbons (Fsp3) is 0.526. The second kappa shape index (κ2) is 4.81. The number of carbonyl (C=O) groups excluding carboxylic acids is 1. The van der Waals surface area contributed by atoms with Gasteiger partial charge in [-0.3, -0.25) is 9.69 Å². The fourth-order valence-electron chi connectivity index (χ4n) is 4.85. The van der Waals surface area contributed by atoms with Crippen LogP contribution >= 0.6 is 11.3 Å². The maximum atomic E-state index is 12.8. The minimum atomic E-state index is 0.114. The lowest BCUT2D eigenvalue weighted by molar-refractivity contribution is -0.00144.